The third-order valence-corrected chi connectivity index (χ3v) is 8.50. The number of unbranched alkanes of at least 4 members (excludes halogenated alkanes) is 1. The molecule has 9 nitrogen and oxygen atoms in total. The zero-order valence-electron chi connectivity index (χ0n) is 24.6. The molecule has 0 bridgehead atoms. The third-order valence-electron chi connectivity index (χ3n) is 8.50. The Hall–Kier alpha value is -4.25. The third kappa shape index (κ3) is 7.10. The topological polar surface area (TPSA) is 116 Å². The largest absolute Gasteiger partial charge is 0.480 e. The van der Waals surface area contributed by atoms with Gasteiger partial charge in [0.2, 0.25) is 0 Å². The number of halogens is 2. The van der Waals surface area contributed by atoms with Crippen molar-refractivity contribution in [2.45, 2.75) is 69.4 Å². The molecule has 4 heterocycles. The van der Waals surface area contributed by atoms with Crippen LogP contribution >= 0.6 is 0 Å². The smallest absolute Gasteiger partial charge is 0.326 e. The number of nitrogens with zero attached hydrogens (tertiary/aromatic N) is 5. The van der Waals surface area contributed by atoms with E-state index in [9.17, 15) is 18.7 Å². The number of carboxylic acids is 1. The fraction of sp³-hybridized carbons (Fsp3) is 0.424. The quantitative estimate of drug-likeness (QED) is 0.163. The monoisotopic (exact) mass is 601 g/mol. The Balaban J connectivity index is 1.12. The van der Waals surface area contributed by atoms with Crippen molar-refractivity contribution >= 4 is 28.5 Å². The highest BCUT2D eigenvalue weighted by atomic mass is 19.3. The lowest BCUT2D eigenvalue weighted by Crippen LogP contribution is -2.52. The van der Waals surface area contributed by atoms with E-state index >= 15 is 0 Å². The fourth-order valence-corrected chi connectivity index (χ4v) is 6.02. The molecule has 0 saturated heterocycles. The number of hydrogen-bond acceptors (Lipinski definition) is 8. The summed E-state index contributed by atoms with van der Waals surface area (Å²) in [5.74, 6) is -1.86. The van der Waals surface area contributed by atoms with E-state index in [2.05, 4.69) is 37.7 Å². The van der Waals surface area contributed by atoms with Gasteiger partial charge >= 0.3 is 5.97 Å². The van der Waals surface area contributed by atoms with Crippen molar-refractivity contribution in [3.8, 4) is 11.4 Å². The van der Waals surface area contributed by atoms with Crippen molar-refractivity contribution < 1.29 is 18.7 Å². The number of fused-ring (bicyclic) bond motifs is 2. The maximum absolute atomic E-state index is 13.9. The maximum atomic E-state index is 13.9. The molecule has 1 aliphatic heterocycles. The van der Waals surface area contributed by atoms with Crippen LogP contribution in [0.15, 0.2) is 60.9 Å². The second kappa shape index (κ2) is 13.2. The highest BCUT2D eigenvalue weighted by Crippen LogP contribution is 2.40. The minimum absolute atomic E-state index is 0.193. The minimum Gasteiger partial charge on any atom is -0.480 e. The van der Waals surface area contributed by atoms with E-state index in [-0.39, 0.29) is 25.3 Å². The number of para-hydroxylation sites is 1. The molecule has 4 aromatic rings. The van der Waals surface area contributed by atoms with Crippen LogP contribution in [0, 0.1) is 0 Å². The first kappa shape index (κ1) is 29.8. The molecule has 0 radical (unpaired) electrons. The fourth-order valence-electron chi connectivity index (χ4n) is 6.02. The van der Waals surface area contributed by atoms with Gasteiger partial charge < -0.3 is 15.7 Å². The standard InChI is InChI=1S/C33H37F2N7O2/c34-33(35)19-25(20-33)42(17-4-3-9-24-13-12-22-7-6-16-37-29(22)38-24)18-14-28(32(43)44)40-31-26-10-1-2-11-27(26)39-30(41-31)23-8-5-15-36-21-23/h1-2,5,8,10-13,15,21,25,28H,3-4,6-7,9,14,16-20H2,(H,37,38)(H,43,44)(H,39,40,41)/t28-/m0/s1. The predicted molar refractivity (Wildman–Crippen MR) is 166 cm³/mol. The Bertz CT molecular complexity index is 1600. The number of hydrogen-bond donors (Lipinski definition) is 3. The van der Waals surface area contributed by atoms with Gasteiger partial charge in [0.1, 0.15) is 17.7 Å². The number of aromatic nitrogens is 4. The maximum Gasteiger partial charge on any atom is 0.326 e. The van der Waals surface area contributed by atoms with Crippen LogP contribution in [0.3, 0.4) is 0 Å². The van der Waals surface area contributed by atoms with E-state index in [1.165, 1.54) is 5.56 Å². The summed E-state index contributed by atoms with van der Waals surface area (Å²) < 4.78 is 27.7. The van der Waals surface area contributed by atoms with Crippen LogP contribution in [0.25, 0.3) is 22.3 Å². The molecule has 1 fully saturated rings. The summed E-state index contributed by atoms with van der Waals surface area (Å²) in [5.41, 5.74) is 3.67. The van der Waals surface area contributed by atoms with Gasteiger partial charge in [-0.2, -0.15) is 0 Å². The van der Waals surface area contributed by atoms with Crippen LogP contribution in [-0.4, -0.2) is 73.6 Å². The average Bonchev–Trinajstić information content (AvgIpc) is 3.02. The van der Waals surface area contributed by atoms with Crippen LogP contribution in [0.2, 0.25) is 0 Å². The number of anilines is 2. The van der Waals surface area contributed by atoms with Crippen molar-refractivity contribution in [2.24, 2.45) is 0 Å². The van der Waals surface area contributed by atoms with Crippen LogP contribution in [0.1, 0.15) is 49.8 Å². The molecule has 1 aromatic carbocycles. The van der Waals surface area contributed by atoms with E-state index in [4.69, 9.17) is 4.98 Å². The first-order valence-electron chi connectivity index (χ1n) is 15.4. The summed E-state index contributed by atoms with van der Waals surface area (Å²) in [7, 11) is 0. The lowest BCUT2D eigenvalue weighted by Gasteiger charge is -2.43. The van der Waals surface area contributed by atoms with Crippen molar-refractivity contribution in [3.05, 3.63) is 72.2 Å². The van der Waals surface area contributed by atoms with Crippen molar-refractivity contribution in [1.29, 1.82) is 0 Å². The molecule has 2 aliphatic rings. The Morgan fingerprint density at radius 3 is 2.73 bits per heavy atom. The number of rotatable bonds is 13. The van der Waals surface area contributed by atoms with Crippen molar-refractivity contribution in [1.82, 2.24) is 24.8 Å². The van der Waals surface area contributed by atoms with Gasteiger partial charge in [0.05, 0.1) is 5.52 Å². The van der Waals surface area contributed by atoms with Crippen molar-refractivity contribution in [3.63, 3.8) is 0 Å². The summed E-state index contributed by atoms with van der Waals surface area (Å²) in [5, 5.41) is 17.4. The number of benzene rings is 1. The number of aliphatic carboxylic acids is 1. The highest BCUT2D eigenvalue weighted by Gasteiger charge is 2.47. The van der Waals surface area contributed by atoms with Gasteiger partial charge in [0.25, 0.3) is 5.92 Å². The molecule has 1 atom stereocenters. The van der Waals surface area contributed by atoms with Gasteiger partial charge in [-0.3, -0.25) is 9.88 Å². The Morgan fingerprint density at radius 1 is 1.07 bits per heavy atom. The van der Waals surface area contributed by atoms with Gasteiger partial charge in [-0.05, 0) is 81.0 Å². The SMILES string of the molecule is O=C(O)[C@H](CCN(CCCCc1ccc2c(n1)NCCC2)C1CC(F)(F)C1)Nc1nc(-c2cccnc2)nc2ccccc12. The molecule has 6 rings (SSSR count). The van der Waals surface area contributed by atoms with Crippen LogP contribution in [0.5, 0.6) is 0 Å². The number of carbonyl (C=O) groups is 1. The van der Waals surface area contributed by atoms with Gasteiger partial charge in [-0.25, -0.2) is 28.5 Å². The van der Waals surface area contributed by atoms with E-state index < -0.39 is 17.9 Å². The summed E-state index contributed by atoms with van der Waals surface area (Å²) >= 11 is 0. The minimum atomic E-state index is -2.66. The number of carboxylic acid groups (broad SMARTS) is 1. The number of alkyl halides is 2. The molecular formula is C33H37F2N7O2. The summed E-state index contributed by atoms with van der Waals surface area (Å²) in [6, 6.07) is 14.1. The normalized spacial score (nSPS) is 16.6. The molecule has 1 aliphatic carbocycles. The Labute approximate surface area is 255 Å². The van der Waals surface area contributed by atoms with Gasteiger partial charge in [0, 0.05) is 61.0 Å². The lowest BCUT2D eigenvalue weighted by atomic mass is 9.86. The van der Waals surface area contributed by atoms with Crippen LogP contribution in [0.4, 0.5) is 20.4 Å². The van der Waals surface area contributed by atoms with Gasteiger partial charge in [0.15, 0.2) is 5.82 Å². The second-order valence-electron chi connectivity index (χ2n) is 11.7. The van der Waals surface area contributed by atoms with Gasteiger partial charge in [-0.15, -0.1) is 0 Å². The molecule has 1 saturated carbocycles. The molecule has 230 valence electrons. The lowest BCUT2D eigenvalue weighted by molar-refractivity contribution is -0.139. The van der Waals surface area contributed by atoms with E-state index in [1.54, 1.807) is 18.5 Å². The Morgan fingerprint density at radius 2 is 1.93 bits per heavy atom. The molecule has 44 heavy (non-hydrogen) atoms. The molecule has 3 aromatic heterocycles. The zero-order chi connectivity index (χ0) is 30.5. The molecule has 0 spiro atoms. The Kier molecular flexibility index (Phi) is 8.92. The summed E-state index contributed by atoms with van der Waals surface area (Å²) in [6.45, 7) is 1.94. The number of aryl methyl sites for hydroxylation is 2. The van der Waals surface area contributed by atoms with Crippen LogP contribution < -0.4 is 10.6 Å². The van der Waals surface area contributed by atoms with E-state index in [0.29, 0.717) is 41.2 Å². The molecule has 11 heteroatoms. The molecule has 0 unspecified atom stereocenters. The zero-order valence-corrected chi connectivity index (χ0v) is 24.6. The molecule has 3 N–H and O–H groups in total. The van der Waals surface area contributed by atoms with Crippen molar-refractivity contribution in [2.75, 3.05) is 30.3 Å². The highest BCUT2D eigenvalue weighted by molar-refractivity contribution is 5.92. The molecular weight excluding hydrogens is 564 g/mol. The first-order chi connectivity index (χ1) is 21.3. The first-order valence-corrected chi connectivity index (χ1v) is 15.4. The summed E-state index contributed by atoms with van der Waals surface area (Å²) in [4.78, 5) is 32.7. The summed E-state index contributed by atoms with van der Waals surface area (Å²) in [6.07, 6.45) is 7.82. The number of nitrogens with one attached hydrogen (secondary N) is 2. The van der Waals surface area contributed by atoms with E-state index in [1.807, 2.05) is 35.2 Å². The van der Waals surface area contributed by atoms with Crippen LogP contribution in [-0.2, 0) is 17.6 Å². The molecule has 0 amide bonds. The second-order valence-corrected chi connectivity index (χ2v) is 11.7. The van der Waals surface area contributed by atoms with Gasteiger partial charge in [-0.1, -0.05) is 18.2 Å². The number of pyridine rings is 2. The predicted octanol–water partition coefficient (Wildman–Crippen LogP) is 5.82. The van der Waals surface area contributed by atoms with E-state index in [0.717, 1.165) is 50.2 Å². The average molecular weight is 602 g/mol.